The van der Waals surface area contributed by atoms with Gasteiger partial charge in [-0.1, -0.05) is 12.2 Å². The van der Waals surface area contributed by atoms with E-state index in [1.165, 1.54) is 11.3 Å². The molecule has 1 aromatic rings. The van der Waals surface area contributed by atoms with Gasteiger partial charge in [0.1, 0.15) is 4.88 Å². The van der Waals surface area contributed by atoms with Crippen molar-refractivity contribution in [3.8, 4) is 0 Å². The molecule has 0 radical (unpaired) electrons. The van der Waals surface area contributed by atoms with Gasteiger partial charge in [0.2, 0.25) is 0 Å². The van der Waals surface area contributed by atoms with Gasteiger partial charge in [-0.2, -0.15) is 0 Å². The van der Waals surface area contributed by atoms with E-state index in [0.717, 1.165) is 36.4 Å². The third-order valence-corrected chi connectivity index (χ3v) is 4.57. The number of aromatic nitrogens is 1. The number of rotatable bonds is 6. The molecule has 4 nitrogen and oxygen atoms in total. The molecule has 0 saturated carbocycles. The Balaban J connectivity index is 2.04. The maximum atomic E-state index is 12.6. The number of thiazole rings is 1. The normalized spacial score (nSPS) is 18.2. The number of carbonyl (C=O) groups excluding carboxylic acids is 1. The highest BCUT2D eigenvalue weighted by Crippen LogP contribution is 2.21. The average Bonchev–Trinajstić information content (AvgIpc) is 2.90. The minimum atomic E-state index is 0.0941. The van der Waals surface area contributed by atoms with Crippen molar-refractivity contribution in [2.24, 2.45) is 5.92 Å². The Bertz CT molecular complexity index is 470. The number of nitrogens with zero attached hydrogens (tertiary/aromatic N) is 2. The maximum absolute atomic E-state index is 12.6. The molecule has 2 rings (SSSR count). The summed E-state index contributed by atoms with van der Waals surface area (Å²) in [5, 5.41) is 0. The van der Waals surface area contributed by atoms with Crippen LogP contribution in [0.1, 0.15) is 34.6 Å². The average molecular weight is 294 g/mol. The molecule has 1 atom stereocenters. The second kappa shape index (κ2) is 7.55. The van der Waals surface area contributed by atoms with Crippen LogP contribution in [-0.2, 0) is 4.74 Å². The number of hydrogen-bond donors (Lipinski definition) is 0. The lowest BCUT2D eigenvalue weighted by Crippen LogP contribution is -2.38. The van der Waals surface area contributed by atoms with Crippen LogP contribution in [0.5, 0.6) is 0 Å². The lowest BCUT2D eigenvalue weighted by atomic mass is 9.94. The predicted molar refractivity (Wildman–Crippen MR) is 81.1 cm³/mol. The molecule has 110 valence electrons. The Hall–Kier alpha value is -1.20. The van der Waals surface area contributed by atoms with Crippen molar-refractivity contribution in [3.05, 3.63) is 28.2 Å². The quantitative estimate of drug-likeness (QED) is 0.758. The summed E-state index contributed by atoms with van der Waals surface area (Å²) in [5.41, 5.74) is 2.56. The van der Waals surface area contributed by atoms with Crippen LogP contribution in [0.15, 0.2) is 17.7 Å². The second-order valence-electron chi connectivity index (χ2n) is 5.16. The van der Waals surface area contributed by atoms with Crippen molar-refractivity contribution in [1.82, 2.24) is 9.88 Å². The van der Waals surface area contributed by atoms with E-state index < -0.39 is 0 Å². The number of ether oxygens (including phenoxy) is 1. The van der Waals surface area contributed by atoms with E-state index in [-0.39, 0.29) is 5.91 Å². The monoisotopic (exact) mass is 294 g/mol. The van der Waals surface area contributed by atoms with Gasteiger partial charge in [-0.3, -0.25) is 4.79 Å². The van der Waals surface area contributed by atoms with Gasteiger partial charge in [-0.15, -0.1) is 11.3 Å². The zero-order chi connectivity index (χ0) is 14.4. The summed E-state index contributed by atoms with van der Waals surface area (Å²) in [6.45, 7) is 3.92. The van der Waals surface area contributed by atoms with Crippen LogP contribution in [0.4, 0.5) is 0 Å². The van der Waals surface area contributed by atoms with Crippen LogP contribution in [0.3, 0.4) is 0 Å². The van der Waals surface area contributed by atoms with Crippen LogP contribution in [0.2, 0.25) is 0 Å². The van der Waals surface area contributed by atoms with Crippen LogP contribution in [0.25, 0.3) is 0 Å². The van der Waals surface area contributed by atoms with Gasteiger partial charge in [-0.05, 0) is 32.1 Å². The van der Waals surface area contributed by atoms with Gasteiger partial charge in [0.15, 0.2) is 0 Å². The zero-order valence-electron chi connectivity index (χ0n) is 12.2. The first-order valence-electron chi connectivity index (χ1n) is 7.05. The smallest absolute Gasteiger partial charge is 0.265 e. The number of hydrogen-bond acceptors (Lipinski definition) is 4. The fourth-order valence-electron chi connectivity index (χ4n) is 2.46. The first kappa shape index (κ1) is 15.2. The molecule has 0 saturated heterocycles. The molecule has 5 heteroatoms. The number of aryl methyl sites for hydroxylation is 1. The van der Waals surface area contributed by atoms with Gasteiger partial charge in [0.25, 0.3) is 5.91 Å². The summed E-state index contributed by atoms with van der Waals surface area (Å²) >= 11 is 1.42. The molecule has 0 spiro atoms. The van der Waals surface area contributed by atoms with Gasteiger partial charge in [0.05, 0.1) is 17.8 Å². The van der Waals surface area contributed by atoms with Crippen molar-refractivity contribution in [2.45, 2.75) is 26.2 Å². The highest BCUT2D eigenvalue weighted by molar-refractivity contribution is 7.11. The topological polar surface area (TPSA) is 42.4 Å². The third kappa shape index (κ3) is 3.90. The summed E-state index contributed by atoms with van der Waals surface area (Å²) in [4.78, 5) is 19.5. The zero-order valence-corrected chi connectivity index (χ0v) is 13.0. The summed E-state index contributed by atoms with van der Waals surface area (Å²) in [6, 6.07) is 0. The summed E-state index contributed by atoms with van der Waals surface area (Å²) < 4.78 is 5.14. The molecular formula is C15H22N2O2S. The summed E-state index contributed by atoms with van der Waals surface area (Å²) in [7, 11) is 1.67. The van der Waals surface area contributed by atoms with E-state index in [2.05, 4.69) is 17.1 Å². The standard InChI is InChI=1S/C15H22N2O2S/c1-12-14(20-11-16-12)15(18)17(8-9-19-2)10-13-6-4-3-5-7-13/h3-4,11,13H,5-10H2,1-2H3/t13-/m1/s1. The molecule has 0 unspecified atom stereocenters. The number of methoxy groups -OCH3 is 1. The fourth-order valence-corrected chi connectivity index (χ4v) is 3.23. The van der Waals surface area contributed by atoms with E-state index >= 15 is 0 Å². The number of amides is 1. The van der Waals surface area contributed by atoms with E-state index in [4.69, 9.17) is 4.74 Å². The molecule has 1 amide bonds. The molecule has 20 heavy (non-hydrogen) atoms. The Kier molecular flexibility index (Phi) is 5.73. The predicted octanol–water partition coefficient (Wildman–Crippen LogP) is 2.90. The first-order chi connectivity index (χ1) is 9.72. The van der Waals surface area contributed by atoms with E-state index in [9.17, 15) is 4.79 Å². The van der Waals surface area contributed by atoms with E-state index in [1.54, 1.807) is 12.6 Å². The second-order valence-corrected chi connectivity index (χ2v) is 6.02. The lowest BCUT2D eigenvalue weighted by Gasteiger charge is -2.28. The largest absolute Gasteiger partial charge is 0.383 e. The summed E-state index contributed by atoms with van der Waals surface area (Å²) in [6.07, 6.45) is 7.81. The molecule has 1 aromatic heterocycles. The van der Waals surface area contributed by atoms with Gasteiger partial charge < -0.3 is 9.64 Å². The third-order valence-electron chi connectivity index (χ3n) is 3.65. The number of carbonyl (C=O) groups is 1. The molecule has 1 heterocycles. The van der Waals surface area contributed by atoms with Gasteiger partial charge >= 0.3 is 0 Å². The minimum Gasteiger partial charge on any atom is -0.383 e. The summed E-state index contributed by atoms with van der Waals surface area (Å²) in [5.74, 6) is 0.658. The maximum Gasteiger partial charge on any atom is 0.265 e. The van der Waals surface area contributed by atoms with Crippen molar-refractivity contribution < 1.29 is 9.53 Å². The first-order valence-corrected chi connectivity index (χ1v) is 7.93. The Labute approximate surface area is 124 Å². The molecular weight excluding hydrogens is 272 g/mol. The van der Waals surface area contributed by atoms with Crippen molar-refractivity contribution in [1.29, 1.82) is 0 Å². The molecule has 0 N–H and O–H groups in total. The van der Waals surface area contributed by atoms with Crippen LogP contribution in [-0.4, -0.2) is 42.6 Å². The molecule has 1 aliphatic rings. The van der Waals surface area contributed by atoms with Crippen molar-refractivity contribution in [2.75, 3.05) is 26.8 Å². The molecule has 0 bridgehead atoms. The molecule has 0 aliphatic heterocycles. The van der Waals surface area contributed by atoms with Crippen LogP contribution < -0.4 is 0 Å². The van der Waals surface area contributed by atoms with Gasteiger partial charge in [-0.25, -0.2) is 4.98 Å². The lowest BCUT2D eigenvalue weighted by molar-refractivity contribution is 0.0662. The Morgan fingerprint density at radius 1 is 1.55 bits per heavy atom. The van der Waals surface area contributed by atoms with Crippen LogP contribution >= 0.6 is 11.3 Å². The number of allylic oxidation sites excluding steroid dienone is 2. The molecule has 0 fully saturated rings. The Morgan fingerprint density at radius 2 is 2.40 bits per heavy atom. The van der Waals surface area contributed by atoms with Crippen LogP contribution in [0, 0.1) is 12.8 Å². The Morgan fingerprint density at radius 3 is 3.00 bits per heavy atom. The fraction of sp³-hybridized carbons (Fsp3) is 0.600. The minimum absolute atomic E-state index is 0.0941. The van der Waals surface area contributed by atoms with Gasteiger partial charge in [0, 0.05) is 20.2 Å². The van der Waals surface area contributed by atoms with E-state index in [0.29, 0.717) is 19.1 Å². The highest BCUT2D eigenvalue weighted by atomic mass is 32.1. The SMILES string of the molecule is COCCN(C[C@@H]1CC=CCC1)C(=O)c1scnc1C. The van der Waals surface area contributed by atoms with E-state index in [1.807, 2.05) is 11.8 Å². The molecule has 1 aliphatic carbocycles. The molecule has 0 aromatic carbocycles. The van der Waals surface area contributed by atoms with Crippen molar-refractivity contribution in [3.63, 3.8) is 0 Å². The van der Waals surface area contributed by atoms with Crippen molar-refractivity contribution >= 4 is 17.2 Å². The highest BCUT2D eigenvalue weighted by Gasteiger charge is 2.22.